The second-order valence-corrected chi connectivity index (χ2v) is 5.35. The van der Waals surface area contributed by atoms with E-state index in [-0.39, 0.29) is 5.91 Å². The lowest BCUT2D eigenvalue weighted by molar-refractivity contribution is -0.125. The Morgan fingerprint density at radius 3 is 2.41 bits per heavy atom. The topological polar surface area (TPSA) is 46.3 Å². The molecule has 4 heteroatoms. The SMILES string of the molecule is CC(C)(C)C(=O)N(CCN)c1ccccc1Cl. The average molecular weight is 255 g/mol. The first-order chi connectivity index (χ1) is 7.88. The highest BCUT2D eigenvalue weighted by Crippen LogP contribution is 2.28. The summed E-state index contributed by atoms with van der Waals surface area (Å²) < 4.78 is 0. The van der Waals surface area contributed by atoms with Crippen molar-refractivity contribution >= 4 is 23.2 Å². The quantitative estimate of drug-likeness (QED) is 0.902. The number of carbonyl (C=O) groups excluding carboxylic acids is 1. The van der Waals surface area contributed by atoms with Gasteiger partial charge in [-0.15, -0.1) is 0 Å². The monoisotopic (exact) mass is 254 g/mol. The van der Waals surface area contributed by atoms with Crippen LogP contribution < -0.4 is 10.6 Å². The number of amides is 1. The van der Waals surface area contributed by atoms with Gasteiger partial charge in [0.15, 0.2) is 0 Å². The highest BCUT2D eigenvalue weighted by molar-refractivity contribution is 6.33. The van der Waals surface area contributed by atoms with Gasteiger partial charge in [-0.1, -0.05) is 44.5 Å². The normalized spacial score (nSPS) is 11.4. The maximum Gasteiger partial charge on any atom is 0.232 e. The van der Waals surface area contributed by atoms with E-state index in [1.807, 2.05) is 39.0 Å². The minimum atomic E-state index is -0.450. The summed E-state index contributed by atoms with van der Waals surface area (Å²) in [6, 6.07) is 7.31. The van der Waals surface area contributed by atoms with E-state index in [1.165, 1.54) is 0 Å². The molecule has 0 spiro atoms. The van der Waals surface area contributed by atoms with Crippen molar-refractivity contribution in [1.29, 1.82) is 0 Å². The number of halogens is 1. The summed E-state index contributed by atoms with van der Waals surface area (Å²) >= 11 is 6.11. The van der Waals surface area contributed by atoms with Gasteiger partial charge in [-0.05, 0) is 12.1 Å². The number of hydrogen-bond acceptors (Lipinski definition) is 2. The fourth-order valence-corrected chi connectivity index (χ4v) is 1.77. The van der Waals surface area contributed by atoms with E-state index in [0.29, 0.717) is 18.1 Å². The Kier molecular flexibility index (Phi) is 4.54. The van der Waals surface area contributed by atoms with Crippen LogP contribution in [0, 0.1) is 5.41 Å². The van der Waals surface area contributed by atoms with E-state index in [9.17, 15) is 4.79 Å². The van der Waals surface area contributed by atoms with Crippen LogP contribution in [0.5, 0.6) is 0 Å². The van der Waals surface area contributed by atoms with Crippen LogP contribution >= 0.6 is 11.6 Å². The van der Waals surface area contributed by atoms with Gasteiger partial charge < -0.3 is 10.6 Å². The Hall–Kier alpha value is -1.06. The van der Waals surface area contributed by atoms with Gasteiger partial charge in [0, 0.05) is 18.5 Å². The van der Waals surface area contributed by atoms with Crippen molar-refractivity contribution in [3.05, 3.63) is 29.3 Å². The van der Waals surface area contributed by atoms with Gasteiger partial charge >= 0.3 is 0 Å². The predicted molar refractivity (Wildman–Crippen MR) is 72.3 cm³/mol. The number of benzene rings is 1. The van der Waals surface area contributed by atoms with Crippen LogP contribution in [-0.2, 0) is 4.79 Å². The predicted octanol–water partition coefficient (Wildman–Crippen LogP) is 2.68. The van der Waals surface area contributed by atoms with Crippen molar-refractivity contribution in [3.8, 4) is 0 Å². The molecule has 0 aliphatic carbocycles. The van der Waals surface area contributed by atoms with Crippen LogP contribution in [-0.4, -0.2) is 19.0 Å². The molecule has 0 aliphatic rings. The summed E-state index contributed by atoms with van der Waals surface area (Å²) in [6.45, 7) is 6.54. The smallest absolute Gasteiger partial charge is 0.232 e. The second-order valence-electron chi connectivity index (χ2n) is 4.95. The fourth-order valence-electron chi connectivity index (χ4n) is 1.54. The zero-order chi connectivity index (χ0) is 13.1. The van der Waals surface area contributed by atoms with Crippen molar-refractivity contribution in [2.45, 2.75) is 20.8 Å². The summed E-state index contributed by atoms with van der Waals surface area (Å²) in [5.41, 5.74) is 5.83. The first-order valence-electron chi connectivity index (χ1n) is 5.64. The lowest BCUT2D eigenvalue weighted by Gasteiger charge is -2.29. The minimum Gasteiger partial charge on any atom is -0.329 e. The van der Waals surface area contributed by atoms with Gasteiger partial charge in [-0.3, -0.25) is 4.79 Å². The molecule has 1 rings (SSSR count). The molecule has 0 saturated carbocycles. The van der Waals surface area contributed by atoms with Crippen LogP contribution in [0.4, 0.5) is 5.69 Å². The highest BCUT2D eigenvalue weighted by Gasteiger charge is 2.28. The van der Waals surface area contributed by atoms with Crippen LogP contribution in [0.1, 0.15) is 20.8 Å². The van der Waals surface area contributed by atoms with E-state index in [0.717, 1.165) is 5.69 Å². The van der Waals surface area contributed by atoms with Gasteiger partial charge in [-0.25, -0.2) is 0 Å². The van der Waals surface area contributed by atoms with E-state index in [1.54, 1.807) is 11.0 Å². The summed E-state index contributed by atoms with van der Waals surface area (Å²) in [5.74, 6) is 0.0241. The fraction of sp³-hybridized carbons (Fsp3) is 0.462. The van der Waals surface area contributed by atoms with Gasteiger partial charge in [0.25, 0.3) is 0 Å². The molecular formula is C13H19ClN2O. The largest absolute Gasteiger partial charge is 0.329 e. The van der Waals surface area contributed by atoms with Crippen LogP contribution in [0.3, 0.4) is 0 Å². The Bertz CT molecular complexity index is 399. The molecule has 94 valence electrons. The Labute approximate surface area is 108 Å². The number of rotatable bonds is 3. The Morgan fingerprint density at radius 1 is 1.35 bits per heavy atom. The molecule has 1 aromatic rings. The van der Waals surface area contributed by atoms with Crippen LogP contribution in [0.2, 0.25) is 5.02 Å². The number of nitrogens with zero attached hydrogens (tertiary/aromatic N) is 1. The summed E-state index contributed by atoms with van der Waals surface area (Å²) in [7, 11) is 0. The van der Waals surface area contributed by atoms with Gasteiger partial charge in [0.2, 0.25) is 5.91 Å². The van der Waals surface area contributed by atoms with Gasteiger partial charge in [0.05, 0.1) is 10.7 Å². The zero-order valence-electron chi connectivity index (χ0n) is 10.5. The number of anilines is 1. The molecule has 0 atom stereocenters. The molecule has 0 heterocycles. The Morgan fingerprint density at radius 2 is 1.94 bits per heavy atom. The summed E-state index contributed by atoms with van der Waals surface area (Å²) in [5, 5.41) is 0.568. The third kappa shape index (κ3) is 3.45. The van der Waals surface area contributed by atoms with E-state index >= 15 is 0 Å². The molecule has 0 aromatic heterocycles. The average Bonchev–Trinajstić information content (AvgIpc) is 2.25. The molecule has 0 fully saturated rings. The third-order valence-corrected chi connectivity index (χ3v) is 2.70. The molecule has 1 aromatic carbocycles. The number of para-hydroxylation sites is 1. The molecule has 17 heavy (non-hydrogen) atoms. The zero-order valence-corrected chi connectivity index (χ0v) is 11.3. The van der Waals surface area contributed by atoms with Crippen molar-refractivity contribution in [3.63, 3.8) is 0 Å². The van der Waals surface area contributed by atoms with E-state index < -0.39 is 5.41 Å². The number of hydrogen-bond donors (Lipinski definition) is 1. The van der Waals surface area contributed by atoms with Crippen LogP contribution in [0.25, 0.3) is 0 Å². The molecule has 2 N–H and O–H groups in total. The van der Waals surface area contributed by atoms with E-state index in [2.05, 4.69) is 0 Å². The van der Waals surface area contributed by atoms with Crippen LogP contribution in [0.15, 0.2) is 24.3 Å². The molecule has 0 bridgehead atoms. The molecule has 0 saturated heterocycles. The summed E-state index contributed by atoms with van der Waals surface area (Å²) in [4.78, 5) is 14.0. The molecular weight excluding hydrogens is 236 g/mol. The lowest BCUT2D eigenvalue weighted by Crippen LogP contribution is -2.42. The van der Waals surface area contributed by atoms with Crippen molar-refractivity contribution in [1.82, 2.24) is 0 Å². The molecule has 0 radical (unpaired) electrons. The van der Waals surface area contributed by atoms with Gasteiger partial charge in [-0.2, -0.15) is 0 Å². The van der Waals surface area contributed by atoms with Crippen molar-refractivity contribution in [2.24, 2.45) is 11.1 Å². The van der Waals surface area contributed by atoms with Crippen molar-refractivity contribution < 1.29 is 4.79 Å². The highest BCUT2D eigenvalue weighted by atomic mass is 35.5. The maximum absolute atomic E-state index is 12.3. The van der Waals surface area contributed by atoms with Crippen molar-refractivity contribution in [2.75, 3.05) is 18.0 Å². The molecule has 0 unspecified atom stereocenters. The Balaban J connectivity index is 3.10. The van der Waals surface area contributed by atoms with E-state index in [4.69, 9.17) is 17.3 Å². The molecule has 3 nitrogen and oxygen atoms in total. The number of carbonyl (C=O) groups is 1. The molecule has 0 aliphatic heterocycles. The standard InChI is InChI=1S/C13H19ClN2O/c1-13(2,3)12(17)16(9-8-15)11-7-5-4-6-10(11)14/h4-7H,8-9,15H2,1-3H3. The maximum atomic E-state index is 12.3. The third-order valence-electron chi connectivity index (χ3n) is 2.38. The second kappa shape index (κ2) is 5.52. The first-order valence-corrected chi connectivity index (χ1v) is 6.02. The summed E-state index contributed by atoms with van der Waals surface area (Å²) in [6.07, 6.45) is 0. The molecule has 1 amide bonds. The van der Waals surface area contributed by atoms with Gasteiger partial charge in [0.1, 0.15) is 0 Å². The minimum absolute atomic E-state index is 0.0241. The number of nitrogens with two attached hydrogens (primary N) is 1. The first kappa shape index (κ1) is 14.0. The lowest BCUT2D eigenvalue weighted by atomic mass is 9.94.